The first-order valence-corrected chi connectivity index (χ1v) is 6.20. The van der Waals surface area contributed by atoms with Gasteiger partial charge in [-0.1, -0.05) is 0 Å². The maximum absolute atomic E-state index is 13.8. The number of nitrogens with one attached hydrogen (secondary N) is 1. The fourth-order valence-electron chi connectivity index (χ4n) is 2.37. The van der Waals surface area contributed by atoms with E-state index in [0.717, 1.165) is 44.6 Å². The van der Waals surface area contributed by atoms with Crippen LogP contribution in [0.5, 0.6) is 0 Å². The van der Waals surface area contributed by atoms with Crippen molar-refractivity contribution in [2.75, 3.05) is 31.1 Å². The summed E-state index contributed by atoms with van der Waals surface area (Å²) in [5.41, 5.74) is 1.20. The normalized spacial score (nSPS) is 22.6. The molecule has 1 heterocycles. The molecule has 3 rings (SSSR count). The van der Waals surface area contributed by atoms with Crippen LogP contribution in [0.1, 0.15) is 18.4 Å². The summed E-state index contributed by atoms with van der Waals surface area (Å²) in [5.74, 6) is -0.167. The van der Waals surface area contributed by atoms with E-state index < -0.39 is 5.60 Å². The Labute approximate surface area is 100 Å². The highest BCUT2D eigenvalue weighted by atomic mass is 19.1. The summed E-state index contributed by atoms with van der Waals surface area (Å²) >= 11 is 0. The molecular formula is C13H18FN2O+. The molecular weight excluding hydrogens is 219 g/mol. The van der Waals surface area contributed by atoms with E-state index in [1.165, 1.54) is 6.07 Å². The number of benzene rings is 1. The summed E-state index contributed by atoms with van der Waals surface area (Å²) in [6.07, 6.45) is 1.80. The van der Waals surface area contributed by atoms with E-state index in [9.17, 15) is 4.39 Å². The quantitative estimate of drug-likeness (QED) is 0.778. The van der Waals surface area contributed by atoms with Gasteiger partial charge in [-0.2, -0.15) is 0 Å². The second-order valence-electron chi connectivity index (χ2n) is 4.99. The van der Waals surface area contributed by atoms with Crippen LogP contribution in [-0.2, 0) is 5.60 Å². The maximum Gasteiger partial charge on any atom is 0.190 e. The first-order valence-electron chi connectivity index (χ1n) is 6.20. The SMILES string of the molecule is [OH2+]C1(c2ccc(F)c(N3CCNCC3)c2)CC1. The molecule has 0 bridgehead atoms. The standard InChI is InChI=1S/C13H17FN2O/c14-11-2-1-10(13(17)3-4-13)9-12(11)16-7-5-15-6-8-16/h1-2,9,15,17H,3-8H2/p+1. The van der Waals surface area contributed by atoms with Crippen LogP contribution in [-0.4, -0.2) is 31.3 Å². The Morgan fingerprint density at radius 1 is 1.24 bits per heavy atom. The fourth-order valence-corrected chi connectivity index (χ4v) is 2.37. The summed E-state index contributed by atoms with van der Waals surface area (Å²) < 4.78 is 13.8. The van der Waals surface area contributed by atoms with Crippen molar-refractivity contribution in [1.29, 1.82) is 0 Å². The summed E-state index contributed by atoms with van der Waals surface area (Å²) in [6.45, 7) is 3.47. The van der Waals surface area contributed by atoms with E-state index in [2.05, 4.69) is 10.2 Å². The Hall–Kier alpha value is -1.13. The van der Waals surface area contributed by atoms with Gasteiger partial charge in [-0.15, -0.1) is 0 Å². The van der Waals surface area contributed by atoms with Crippen LogP contribution < -0.4 is 10.2 Å². The van der Waals surface area contributed by atoms with Gasteiger partial charge in [0.25, 0.3) is 0 Å². The molecule has 1 aromatic carbocycles. The highest BCUT2D eigenvalue weighted by molar-refractivity contribution is 5.52. The molecule has 1 saturated carbocycles. The largest absolute Gasteiger partial charge is 0.437 e. The van der Waals surface area contributed by atoms with Gasteiger partial charge in [0.2, 0.25) is 0 Å². The van der Waals surface area contributed by atoms with Gasteiger partial charge < -0.3 is 15.3 Å². The van der Waals surface area contributed by atoms with Crippen molar-refractivity contribution in [2.24, 2.45) is 0 Å². The zero-order valence-electron chi connectivity index (χ0n) is 9.80. The van der Waals surface area contributed by atoms with Crippen LogP contribution in [0.3, 0.4) is 0 Å². The Morgan fingerprint density at radius 3 is 2.59 bits per heavy atom. The van der Waals surface area contributed by atoms with E-state index in [-0.39, 0.29) is 5.82 Å². The van der Waals surface area contributed by atoms with Gasteiger partial charge >= 0.3 is 0 Å². The lowest BCUT2D eigenvalue weighted by molar-refractivity contribution is 0.151. The third-order valence-electron chi connectivity index (χ3n) is 3.71. The molecule has 0 amide bonds. The van der Waals surface area contributed by atoms with Crippen molar-refractivity contribution >= 4 is 5.69 Å². The molecule has 0 spiro atoms. The summed E-state index contributed by atoms with van der Waals surface area (Å²) in [5, 5.41) is 11.4. The average molecular weight is 237 g/mol. The lowest BCUT2D eigenvalue weighted by Gasteiger charge is -2.30. The van der Waals surface area contributed by atoms with E-state index >= 15 is 0 Å². The Bertz CT molecular complexity index is 425. The van der Waals surface area contributed by atoms with Crippen molar-refractivity contribution in [3.63, 3.8) is 0 Å². The lowest BCUT2D eigenvalue weighted by Crippen LogP contribution is -2.44. The van der Waals surface area contributed by atoms with E-state index in [1.807, 2.05) is 6.07 Å². The number of halogens is 1. The molecule has 3 N–H and O–H groups in total. The number of hydrogen-bond donors (Lipinski definition) is 1. The highest BCUT2D eigenvalue weighted by Crippen LogP contribution is 2.46. The molecule has 3 nitrogen and oxygen atoms in total. The lowest BCUT2D eigenvalue weighted by atomic mass is 10.1. The summed E-state index contributed by atoms with van der Waals surface area (Å²) in [6, 6.07) is 5.16. The van der Waals surface area contributed by atoms with Gasteiger partial charge in [-0.25, -0.2) is 4.39 Å². The topological polar surface area (TPSA) is 38.2 Å². The van der Waals surface area contributed by atoms with Crippen LogP contribution >= 0.6 is 0 Å². The molecule has 2 fully saturated rings. The average Bonchev–Trinajstić information content (AvgIpc) is 3.10. The highest BCUT2D eigenvalue weighted by Gasteiger charge is 2.48. The van der Waals surface area contributed by atoms with Crippen molar-refractivity contribution in [2.45, 2.75) is 18.4 Å². The van der Waals surface area contributed by atoms with Gasteiger partial charge in [0.15, 0.2) is 5.60 Å². The molecule has 1 aromatic rings. The minimum atomic E-state index is -0.434. The maximum atomic E-state index is 13.8. The molecule has 0 radical (unpaired) electrons. The molecule has 0 atom stereocenters. The van der Waals surface area contributed by atoms with Crippen LogP contribution in [0, 0.1) is 5.82 Å². The third-order valence-corrected chi connectivity index (χ3v) is 3.71. The number of piperazine rings is 1. The third kappa shape index (κ3) is 2.03. The minimum absolute atomic E-state index is 0.167. The van der Waals surface area contributed by atoms with Crippen molar-refractivity contribution < 1.29 is 9.50 Å². The number of anilines is 1. The van der Waals surface area contributed by atoms with Crippen LogP contribution in [0.2, 0.25) is 0 Å². The van der Waals surface area contributed by atoms with E-state index in [1.54, 1.807) is 6.07 Å². The van der Waals surface area contributed by atoms with Gasteiger partial charge in [-0.3, -0.25) is 0 Å². The van der Waals surface area contributed by atoms with Gasteiger partial charge in [0, 0.05) is 44.6 Å². The van der Waals surface area contributed by atoms with Crippen molar-refractivity contribution in [3.8, 4) is 0 Å². The van der Waals surface area contributed by atoms with E-state index in [0.29, 0.717) is 5.69 Å². The van der Waals surface area contributed by atoms with Crippen molar-refractivity contribution in [1.82, 2.24) is 5.32 Å². The molecule has 92 valence electrons. The molecule has 1 aliphatic heterocycles. The molecule has 2 aliphatic rings. The van der Waals surface area contributed by atoms with Gasteiger partial charge in [-0.05, 0) is 18.2 Å². The molecule has 4 heteroatoms. The zero-order valence-corrected chi connectivity index (χ0v) is 9.80. The zero-order chi connectivity index (χ0) is 11.9. The van der Waals surface area contributed by atoms with Crippen LogP contribution in [0.15, 0.2) is 18.2 Å². The number of rotatable bonds is 2. The summed E-state index contributed by atoms with van der Waals surface area (Å²) in [4.78, 5) is 2.07. The van der Waals surface area contributed by atoms with Crippen LogP contribution in [0.25, 0.3) is 0 Å². The van der Waals surface area contributed by atoms with Gasteiger partial charge in [0.05, 0.1) is 5.69 Å². The molecule has 0 aromatic heterocycles. The second kappa shape index (κ2) is 3.96. The fraction of sp³-hybridized carbons (Fsp3) is 0.538. The second-order valence-corrected chi connectivity index (χ2v) is 4.99. The first kappa shape index (κ1) is 11.0. The number of hydrogen-bond acceptors (Lipinski definition) is 2. The van der Waals surface area contributed by atoms with Crippen molar-refractivity contribution in [3.05, 3.63) is 29.6 Å². The smallest absolute Gasteiger partial charge is 0.190 e. The molecule has 17 heavy (non-hydrogen) atoms. The predicted octanol–water partition coefficient (Wildman–Crippen LogP) is 0.949. The Kier molecular flexibility index (Phi) is 2.56. The first-order chi connectivity index (χ1) is 8.19. The minimum Gasteiger partial charge on any atom is -0.437 e. The Balaban J connectivity index is 1.91. The molecule has 1 aliphatic carbocycles. The predicted molar refractivity (Wildman–Crippen MR) is 66.0 cm³/mol. The molecule has 1 saturated heterocycles. The Morgan fingerprint density at radius 2 is 1.94 bits per heavy atom. The number of nitrogens with zero attached hydrogens (tertiary/aromatic N) is 1. The molecule has 0 unspecified atom stereocenters. The summed E-state index contributed by atoms with van der Waals surface area (Å²) in [7, 11) is 0. The van der Waals surface area contributed by atoms with E-state index in [4.69, 9.17) is 5.11 Å². The van der Waals surface area contributed by atoms with Crippen LogP contribution in [0.4, 0.5) is 10.1 Å². The monoisotopic (exact) mass is 237 g/mol. The van der Waals surface area contributed by atoms with Gasteiger partial charge in [0.1, 0.15) is 5.82 Å².